The smallest absolute Gasteiger partial charge is 0.262 e. The summed E-state index contributed by atoms with van der Waals surface area (Å²) in [5, 5.41) is 9.23. The van der Waals surface area contributed by atoms with Crippen LogP contribution < -0.4 is 10.7 Å². The molecule has 0 radical (unpaired) electrons. The molecule has 1 aromatic heterocycles. The van der Waals surface area contributed by atoms with Gasteiger partial charge in [0.2, 0.25) is 0 Å². The van der Waals surface area contributed by atoms with E-state index in [4.69, 9.17) is 23.2 Å². The number of aromatic nitrogens is 1. The van der Waals surface area contributed by atoms with Gasteiger partial charge in [-0.05, 0) is 53.9 Å². The Kier molecular flexibility index (Phi) is 8.08. The lowest BCUT2D eigenvalue weighted by Gasteiger charge is -2.20. The van der Waals surface area contributed by atoms with Gasteiger partial charge in [-0.1, -0.05) is 67.4 Å². The number of halogens is 2. The Morgan fingerprint density at radius 2 is 1.58 bits per heavy atom. The van der Waals surface area contributed by atoms with Gasteiger partial charge in [0.25, 0.3) is 11.8 Å². The molecule has 184 valence electrons. The number of nitrogens with zero attached hydrogens (tertiary/aromatic N) is 2. The number of nitrogens with one attached hydrogen (secondary N) is 2. The Balaban J connectivity index is 1.47. The second-order valence-corrected chi connectivity index (χ2v) is 9.67. The molecule has 0 saturated carbocycles. The van der Waals surface area contributed by atoms with Crippen LogP contribution in [0.2, 0.25) is 10.0 Å². The van der Waals surface area contributed by atoms with Crippen molar-refractivity contribution in [1.29, 1.82) is 0 Å². The molecule has 3 aromatic carbocycles. The Morgan fingerprint density at radius 3 is 2.25 bits per heavy atom. The molecule has 2 N–H and O–H groups in total. The topological polar surface area (TPSA) is 75.5 Å². The molecule has 4 aromatic rings. The van der Waals surface area contributed by atoms with E-state index >= 15 is 0 Å². The number of amides is 2. The molecule has 0 aliphatic rings. The summed E-state index contributed by atoms with van der Waals surface area (Å²) in [5.41, 5.74) is 6.04. The number of hydrogen-bond donors (Lipinski definition) is 2. The third kappa shape index (κ3) is 6.14. The van der Waals surface area contributed by atoms with Gasteiger partial charge in [-0.2, -0.15) is 5.10 Å². The van der Waals surface area contributed by atoms with Crippen molar-refractivity contribution >= 4 is 52.1 Å². The number of benzene rings is 3. The molecule has 6 nitrogen and oxygen atoms in total. The van der Waals surface area contributed by atoms with Gasteiger partial charge in [-0.3, -0.25) is 9.59 Å². The number of carbonyl (C=O) groups excluding carboxylic acids is 2. The van der Waals surface area contributed by atoms with E-state index in [0.717, 1.165) is 22.0 Å². The third-order valence-electron chi connectivity index (χ3n) is 5.81. The first-order valence-electron chi connectivity index (χ1n) is 11.5. The lowest BCUT2D eigenvalue weighted by Crippen LogP contribution is -2.48. The van der Waals surface area contributed by atoms with E-state index in [1.807, 2.05) is 68.6 Å². The van der Waals surface area contributed by atoms with Crippen LogP contribution in [0.25, 0.3) is 10.9 Å². The summed E-state index contributed by atoms with van der Waals surface area (Å²) in [6.07, 6.45) is 3.62. The van der Waals surface area contributed by atoms with E-state index in [9.17, 15) is 9.59 Å². The first kappa shape index (κ1) is 25.5. The molecule has 36 heavy (non-hydrogen) atoms. The molecule has 0 aliphatic carbocycles. The van der Waals surface area contributed by atoms with Crippen LogP contribution >= 0.6 is 23.2 Å². The Bertz CT molecular complexity index is 1390. The van der Waals surface area contributed by atoms with Gasteiger partial charge in [0.05, 0.1) is 6.21 Å². The second-order valence-electron chi connectivity index (χ2n) is 8.79. The summed E-state index contributed by atoms with van der Waals surface area (Å²) < 4.78 is 2.13. The van der Waals surface area contributed by atoms with Crippen LogP contribution in [-0.2, 0) is 11.3 Å². The first-order valence-corrected chi connectivity index (χ1v) is 12.3. The number of hydrogen-bond acceptors (Lipinski definition) is 3. The van der Waals surface area contributed by atoms with E-state index < -0.39 is 11.9 Å². The first-order chi connectivity index (χ1) is 17.3. The van der Waals surface area contributed by atoms with Crippen LogP contribution in [0.3, 0.4) is 0 Å². The van der Waals surface area contributed by atoms with Crippen molar-refractivity contribution in [2.24, 2.45) is 11.0 Å². The van der Waals surface area contributed by atoms with Crippen LogP contribution in [0.4, 0.5) is 0 Å². The molecule has 0 saturated heterocycles. The van der Waals surface area contributed by atoms with Crippen LogP contribution in [0.15, 0.2) is 84.1 Å². The summed E-state index contributed by atoms with van der Waals surface area (Å²) in [7, 11) is 0. The molecule has 0 bridgehead atoms. The highest BCUT2D eigenvalue weighted by molar-refractivity contribution is 6.30. The lowest BCUT2D eigenvalue weighted by atomic mass is 10.0. The van der Waals surface area contributed by atoms with Gasteiger partial charge >= 0.3 is 0 Å². The minimum atomic E-state index is -0.753. The maximum Gasteiger partial charge on any atom is 0.262 e. The molecule has 4 rings (SSSR count). The van der Waals surface area contributed by atoms with Gasteiger partial charge in [-0.15, -0.1) is 0 Å². The van der Waals surface area contributed by atoms with E-state index in [-0.39, 0.29) is 11.8 Å². The minimum absolute atomic E-state index is 0.141. The Hall–Kier alpha value is -3.61. The predicted octanol–water partition coefficient (Wildman–Crippen LogP) is 5.90. The summed E-state index contributed by atoms with van der Waals surface area (Å²) >= 11 is 11.9. The van der Waals surface area contributed by atoms with Gasteiger partial charge in [-0.25, -0.2) is 5.43 Å². The predicted molar refractivity (Wildman–Crippen MR) is 146 cm³/mol. The van der Waals surface area contributed by atoms with Gasteiger partial charge in [0.15, 0.2) is 0 Å². The quantitative estimate of drug-likeness (QED) is 0.224. The average molecular weight is 521 g/mol. The molecule has 1 heterocycles. The molecular weight excluding hydrogens is 495 g/mol. The van der Waals surface area contributed by atoms with Gasteiger partial charge in [0, 0.05) is 44.8 Å². The normalized spacial score (nSPS) is 12.2. The number of fused-ring (bicyclic) bond motifs is 1. The Morgan fingerprint density at radius 1 is 0.944 bits per heavy atom. The fourth-order valence-electron chi connectivity index (χ4n) is 3.89. The Labute approximate surface area is 219 Å². The van der Waals surface area contributed by atoms with Crippen molar-refractivity contribution in [3.63, 3.8) is 0 Å². The summed E-state index contributed by atoms with van der Waals surface area (Å²) in [6, 6.07) is 21.5. The number of carbonyl (C=O) groups is 2. The zero-order valence-corrected chi connectivity index (χ0v) is 21.4. The van der Waals surface area contributed by atoms with Crippen LogP contribution in [0.1, 0.15) is 35.3 Å². The van der Waals surface area contributed by atoms with Crippen molar-refractivity contribution in [3.05, 3.63) is 106 Å². The largest absolute Gasteiger partial charge is 0.342 e. The molecular formula is C28H26Cl2N4O2. The van der Waals surface area contributed by atoms with Crippen molar-refractivity contribution in [2.75, 3.05) is 0 Å². The second kappa shape index (κ2) is 11.4. The lowest BCUT2D eigenvalue weighted by molar-refractivity contribution is -0.123. The van der Waals surface area contributed by atoms with Crippen LogP contribution in [0.5, 0.6) is 0 Å². The van der Waals surface area contributed by atoms with E-state index in [1.54, 1.807) is 30.5 Å². The number of rotatable bonds is 8. The van der Waals surface area contributed by atoms with Crippen molar-refractivity contribution < 1.29 is 9.59 Å². The van der Waals surface area contributed by atoms with Crippen LogP contribution in [0, 0.1) is 5.92 Å². The fourth-order valence-corrected chi connectivity index (χ4v) is 4.14. The minimum Gasteiger partial charge on any atom is -0.342 e. The van der Waals surface area contributed by atoms with Crippen molar-refractivity contribution in [1.82, 2.24) is 15.3 Å². The molecule has 0 fully saturated rings. The molecule has 2 amide bonds. The molecule has 1 unspecified atom stereocenters. The van der Waals surface area contributed by atoms with Gasteiger partial charge in [0.1, 0.15) is 6.04 Å². The number of para-hydroxylation sites is 1. The van der Waals surface area contributed by atoms with Crippen LogP contribution in [-0.4, -0.2) is 28.6 Å². The highest BCUT2D eigenvalue weighted by atomic mass is 35.5. The molecule has 8 heteroatoms. The summed E-state index contributed by atoms with van der Waals surface area (Å²) in [5.74, 6) is -0.888. The number of hydrazone groups is 1. The maximum absolute atomic E-state index is 12.9. The zero-order valence-electron chi connectivity index (χ0n) is 19.9. The summed E-state index contributed by atoms with van der Waals surface area (Å²) in [6.45, 7) is 4.39. The van der Waals surface area contributed by atoms with E-state index in [2.05, 4.69) is 20.4 Å². The fraction of sp³-hybridized carbons (Fsp3) is 0.179. The third-order valence-corrected chi connectivity index (χ3v) is 6.31. The van der Waals surface area contributed by atoms with E-state index in [0.29, 0.717) is 22.2 Å². The standard InChI is InChI=1S/C28H26Cl2N4O2/c1-18(2)26(32-27(35)20-9-13-23(30)14-10-20)28(36)33-31-15-21-17-34(25-6-4-3-5-24(21)25)16-19-7-11-22(29)12-8-19/h3-15,17-18,26H,16H2,1-2H3,(H,32,35)(H,33,36)/b31-15-. The SMILES string of the molecule is CC(C)C(NC(=O)c1ccc(Cl)cc1)C(=O)N/N=C\c1cn(Cc2ccc(Cl)cc2)c2ccccc12. The summed E-state index contributed by atoms with van der Waals surface area (Å²) in [4.78, 5) is 25.5. The van der Waals surface area contributed by atoms with Crippen molar-refractivity contribution in [3.8, 4) is 0 Å². The monoisotopic (exact) mass is 520 g/mol. The molecule has 0 spiro atoms. The highest BCUT2D eigenvalue weighted by Gasteiger charge is 2.24. The highest BCUT2D eigenvalue weighted by Crippen LogP contribution is 2.22. The molecule has 0 aliphatic heterocycles. The zero-order chi connectivity index (χ0) is 25.7. The van der Waals surface area contributed by atoms with E-state index in [1.165, 1.54) is 0 Å². The van der Waals surface area contributed by atoms with Gasteiger partial charge < -0.3 is 9.88 Å². The molecule has 1 atom stereocenters. The maximum atomic E-state index is 12.9. The average Bonchev–Trinajstić information content (AvgIpc) is 3.21. The van der Waals surface area contributed by atoms with Crippen molar-refractivity contribution in [2.45, 2.75) is 26.4 Å².